The summed E-state index contributed by atoms with van der Waals surface area (Å²) in [5.41, 5.74) is 2.56. The molecule has 1 saturated carbocycles. The van der Waals surface area contributed by atoms with Crippen molar-refractivity contribution in [3.8, 4) is 0 Å². The van der Waals surface area contributed by atoms with Crippen molar-refractivity contribution in [3.63, 3.8) is 0 Å². The smallest absolute Gasteiger partial charge is 0.290 e. The largest absolute Gasteiger partial charge is 0.483 e. The summed E-state index contributed by atoms with van der Waals surface area (Å²) in [5, 5.41) is 27.6. The summed E-state index contributed by atoms with van der Waals surface area (Å²) in [6, 6.07) is 11.1. The van der Waals surface area contributed by atoms with Crippen LogP contribution in [0.2, 0.25) is 0 Å². The minimum atomic E-state index is -0.993. The first-order valence-corrected chi connectivity index (χ1v) is 16.0. The minimum Gasteiger partial charge on any atom is -0.483 e. The van der Waals surface area contributed by atoms with Crippen molar-refractivity contribution in [2.24, 2.45) is 5.92 Å². The second-order valence-electron chi connectivity index (χ2n) is 12.5. The maximum absolute atomic E-state index is 13.9. The molecule has 2 aromatic carbocycles. The summed E-state index contributed by atoms with van der Waals surface area (Å²) in [4.78, 5) is 36.2. The summed E-state index contributed by atoms with van der Waals surface area (Å²) < 4.78 is 27.8. The van der Waals surface area contributed by atoms with Gasteiger partial charge in [0.05, 0.1) is 12.1 Å². The van der Waals surface area contributed by atoms with E-state index in [1.54, 1.807) is 0 Å². The summed E-state index contributed by atoms with van der Waals surface area (Å²) in [7, 11) is 0. The number of hydrogen-bond donors (Lipinski definition) is 5. The molecule has 0 radical (unpaired) electrons. The van der Waals surface area contributed by atoms with Crippen molar-refractivity contribution >= 4 is 18.3 Å². The van der Waals surface area contributed by atoms with Gasteiger partial charge in [0.2, 0.25) is 11.8 Å². The predicted molar refractivity (Wildman–Crippen MR) is 166 cm³/mol. The number of carbonyl (C=O) groups is 3. The van der Waals surface area contributed by atoms with Crippen molar-refractivity contribution in [3.05, 3.63) is 70.8 Å². The van der Waals surface area contributed by atoms with E-state index in [0.29, 0.717) is 17.9 Å². The Morgan fingerprint density at radius 2 is 1.71 bits per heavy atom. The molecular weight excluding hydrogens is 582 g/mol. The van der Waals surface area contributed by atoms with E-state index in [-0.39, 0.29) is 55.7 Å². The number of halogens is 2. The molecule has 9 nitrogen and oxygen atoms in total. The van der Waals surface area contributed by atoms with Gasteiger partial charge in [-0.2, -0.15) is 0 Å². The van der Waals surface area contributed by atoms with Crippen LogP contribution in [0.3, 0.4) is 0 Å². The van der Waals surface area contributed by atoms with E-state index in [1.165, 1.54) is 23.3 Å². The highest BCUT2D eigenvalue weighted by Gasteiger charge is 2.44. The monoisotopic (exact) mass is 628 g/mol. The zero-order chi connectivity index (χ0) is 32.4. The maximum atomic E-state index is 13.9. The number of benzene rings is 2. The van der Waals surface area contributed by atoms with Gasteiger partial charge in [-0.05, 0) is 92.8 Å². The van der Waals surface area contributed by atoms with Crippen molar-refractivity contribution in [1.82, 2.24) is 20.9 Å². The third-order valence-electron chi connectivity index (χ3n) is 9.29. The van der Waals surface area contributed by atoms with Crippen LogP contribution >= 0.6 is 0 Å². The van der Waals surface area contributed by atoms with E-state index in [0.717, 1.165) is 57.8 Å². The van der Waals surface area contributed by atoms with E-state index in [2.05, 4.69) is 46.0 Å². The second-order valence-corrected chi connectivity index (χ2v) is 12.5. The summed E-state index contributed by atoms with van der Waals surface area (Å²) in [6.07, 6.45) is 4.89. The number of aryl methyl sites for hydroxylation is 1. The Bertz CT molecular complexity index is 1280. The molecule has 246 valence electrons. The topological polar surface area (TPSA) is 131 Å². The van der Waals surface area contributed by atoms with E-state index in [4.69, 9.17) is 9.90 Å². The molecule has 3 heterocycles. The van der Waals surface area contributed by atoms with Crippen molar-refractivity contribution in [2.75, 3.05) is 26.2 Å². The van der Waals surface area contributed by atoms with Crippen LogP contribution in [-0.2, 0) is 32.8 Å². The number of nitrogens with zero attached hydrogens (tertiary/aromatic N) is 1. The predicted octanol–water partition coefficient (Wildman–Crippen LogP) is 3.28. The SMILES string of the molecule is CCc1cccc(C2(NC[C@@H](O)[C@H](Cc3cc(F)cc(F)c3)NC(=O)CCCC(=O)N[C@@H]3CN4CCC3CC4)CC2)c1.O=CO. The molecule has 0 aromatic heterocycles. The fourth-order valence-corrected chi connectivity index (χ4v) is 6.59. The molecule has 4 fully saturated rings. The lowest BCUT2D eigenvalue weighted by Gasteiger charge is -2.44. The lowest BCUT2D eigenvalue weighted by atomic mass is 9.84. The molecule has 3 atom stereocenters. The van der Waals surface area contributed by atoms with Crippen LogP contribution in [0.5, 0.6) is 0 Å². The first kappa shape index (κ1) is 34.5. The van der Waals surface area contributed by atoms with Gasteiger partial charge in [0.25, 0.3) is 6.47 Å². The van der Waals surface area contributed by atoms with Gasteiger partial charge < -0.3 is 31.1 Å². The Hall–Kier alpha value is -3.41. The highest BCUT2D eigenvalue weighted by molar-refractivity contribution is 5.79. The number of nitrogens with one attached hydrogen (secondary N) is 3. The van der Waals surface area contributed by atoms with Crippen LogP contribution in [0.1, 0.15) is 68.6 Å². The van der Waals surface area contributed by atoms with Gasteiger partial charge in [0.1, 0.15) is 11.6 Å². The Morgan fingerprint density at radius 1 is 1.04 bits per heavy atom. The van der Waals surface area contributed by atoms with E-state index >= 15 is 0 Å². The minimum absolute atomic E-state index is 0.0422. The molecule has 1 aliphatic carbocycles. The fourth-order valence-electron chi connectivity index (χ4n) is 6.59. The van der Waals surface area contributed by atoms with Gasteiger partial charge in [-0.3, -0.25) is 14.4 Å². The zero-order valence-corrected chi connectivity index (χ0v) is 25.9. The average Bonchev–Trinajstić information content (AvgIpc) is 3.81. The zero-order valence-electron chi connectivity index (χ0n) is 25.9. The van der Waals surface area contributed by atoms with E-state index in [1.807, 2.05) is 6.07 Å². The molecule has 45 heavy (non-hydrogen) atoms. The van der Waals surface area contributed by atoms with E-state index in [9.17, 15) is 23.5 Å². The Morgan fingerprint density at radius 3 is 2.31 bits per heavy atom. The lowest BCUT2D eigenvalue weighted by molar-refractivity contribution is -0.125. The fraction of sp³-hybridized carbons (Fsp3) is 0.559. The Kier molecular flexibility index (Phi) is 12.4. The molecule has 0 spiro atoms. The normalized spacial score (nSPS) is 22.4. The molecule has 4 aliphatic rings. The summed E-state index contributed by atoms with van der Waals surface area (Å²) in [6.45, 7) is 5.19. The number of amides is 2. The standard InChI is InChI=1S/C33H44F2N4O3.CH2O2/c1-2-22-5-3-6-25(15-22)33(11-12-33)36-20-30(40)28(18-23-16-26(34)19-27(35)17-23)37-31(41)7-4-8-32(42)38-29-21-39-13-9-24(29)10-14-39;2-1-3/h3,5-6,15-17,19,24,28-30,36,40H,2,4,7-14,18,20-21H2,1H3,(H,37,41)(H,38,42);1H,(H,2,3)/t28-,29+,30+;/m0./s1. The Balaban J connectivity index is 0.00000148. The van der Waals surface area contributed by atoms with Crippen LogP contribution in [0.4, 0.5) is 8.78 Å². The maximum Gasteiger partial charge on any atom is 0.290 e. The quantitative estimate of drug-likeness (QED) is 0.203. The van der Waals surface area contributed by atoms with Crippen LogP contribution in [0, 0.1) is 17.6 Å². The molecule has 11 heteroatoms. The van der Waals surface area contributed by atoms with Crippen LogP contribution in [0.15, 0.2) is 42.5 Å². The number of piperidine rings is 3. The van der Waals surface area contributed by atoms with Gasteiger partial charge in [-0.15, -0.1) is 0 Å². The molecule has 2 aromatic rings. The molecule has 2 bridgehead atoms. The number of hydrogen-bond acceptors (Lipinski definition) is 6. The van der Waals surface area contributed by atoms with E-state index < -0.39 is 23.8 Å². The molecule has 0 unspecified atom stereocenters. The molecular formula is C34H46F2N4O5. The highest BCUT2D eigenvalue weighted by atomic mass is 19.1. The second kappa shape index (κ2) is 16.2. The summed E-state index contributed by atoms with van der Waals surface area (Å²) >= 11 is 0. The van der Waals surface area contributed by atoms with Gasteiger partial charge in [-0.1, -0.05) is 31.2 Å². The summed E-state index contributed by atoms with van der Waals surface area (Å²) in [5.74, 6) is -1.22. The average molecular weight is 629 g/mol. The highest BCUT2D eigenvalue weighted by Crippen LogP contribution is 2.45. The van der Waals surface area contributed by atoms with Crippen molar-refractivity contribution < 1.29 is 33.4 Å². The van der Waals surface area contributed by atoms with Crippen LogP contribution in [-0.4, -0.2) is 77.8 Å². The van der Waals surface area contributed by atoms with Gasteiger partial charge >= 0.3 is 0 Å². The molecule has 3 aliphatic heterocycles. The van der Waals surface area contributed by atoms with Crippen LogP contribution in [0.25, 0.3) is 0 Å². The number of aliphatic hydroxyl groups excluding tert-OH is 1. The first-order valence-electron chi connectivity index (χ1n) is 16.0. The van der Waals surface area contributed by atoms with Gasteiger partial charge in [-0.25, -0.2) is 8.78 Å². The van der Waals surface area contributed by atoms with Crippen LogP contribution < -0.4 is 16.0 Å². The molecule has 5 N–H and O–H groups in total. The lowest BCUT2D eigenvalue weighted by Crippen LogP contribution is -2.57. The number of rotatable bonds is 14. The third kappa shape index (κ3) is 10.0. The number of carboxylic acid groups (broad SMARTS) is 1. The number of fused-ring (bicyclic) bond motifs is 3. The molecule has 2 amide bonds. The first-order chi connectivity index (χ1) is 21.6. The van der Waals surface area contributed by atoms with Gasteiger partial charge in [0.15, 0.2) is 0 Å². The third-order valence-corrected chi connectivity index (χ3v) is 9.29. The number of carbonyl (C=O) groups excluding carboxylic acids is 2. The molecule has 3 saturated heterocycles. The van der Waals surface area contributed by atoms with Crippen molar-refractivity contribution in [2.45, 2.75) is 88.4 Å². The molecule has 6 rings (SSSR count). The Labute approximate surface area is 263 Å². The van der Waals surface area contributed by atoms with Crippen molar-refractivity contribution in [1.29, 1.82) is 0 Å². The van der Waals surface area contributed by atoms with Gasteiger partial charge in [0, 0.05) is 43.6 Å². The number of aliphatic hydroxyl groups is 1.